The average molecular weight is 241 g/mol. The Balaban J connectivity index is 2.34. The molecule has 5 nitrogen and oxygen atoms in total. The second-order valence-corrected chi connectivity index (χ2v) is 3.78. The van der Waals surface area contributed by atoms with Crippen LogP contribution in [0.15, 0.2) is 51.9 Å². The van der Waals surface area contributed by atoms with Crippen LogP contribution in [0.2, 0.25) is 0 Å². The molecule has 0 unspecified atom stereocenters. The van der Waals surface area contributed by atoms with Crippen LogP contribution in [0.3, 0.4) is 0 Å². The van der Waals surface area contributed by atoms with Crippen LogP contribution >= 0.6 is 0 Å². The minimum Gasteiger partial charge on any atom is -0.464 e. The third kappa shape index (κ3) is 1.37. The lowest BCUT2D eigenvalue weighted by Gasteiger charge is -2.15. The molecule has 18 heavy (non-hydrogen) atoms. The monoisotopic (exact) mass is 241 g/mol. The molecule has 0 N–H and O–H groups in total. The summed E-state index contributed by atoms with van der Waals surface area (Å²) in [6, 6.07) is 6.03. The molecule has 0 aliphatic carbocycles. The molecule has 2 amide bonds. The van der Waals surface area contributed by atoms with E-state index in [-0.39, 0.29) is 16.5 Å². The van der Waals surface area contributed by atoms with Gasteiger partial charge in [-0.25, -0.2) is 4.90 Å². The SMILES string of the molecule is O=C1C=CC(=O)N1c1cccc2occc(=O)c12. The Morgan fingerprint density at radius 1 is 0.944 bits per heavy atom. The maximum atomic E-state index is 11.8. The van der Waals surface area contributed by atoms with Gasteiger partial charge in [0.1, 0.15) is 5.58 Å². The minimum absolute atomic E-state index is 0.227. The van der Waals surface area contributed by atoms with E-state index in [1.165, 1.54) is 24.5 Å². The molecule has 1 aromatic carbocycles. The van der Waals surface area contributed by atoms with E-state index in [0.29, 0.717) is 5.58 Å². The van der Waals surface area contributed by atoms with Crippen LogP contribution in [0, 0.1) is 0 Å². The summed E-state index contributed by atoms with van der Waals surface area (Å²) in [5, 5.41) is 0.227. The summed E-state index contributed by atoms with van der Waals surface area (Å²) < 4.78 is 5.19. The highest BCUT2D eigenvalue weighted by Crippen LogP contribution is 2.26. The van der Waals surface area contributed by atoms with Gasteiger partial charge in [0.2, 0.25) is 0 Å². The second-order valence-electron chi connectivity index (χ2n) is 3.78. The maximum Gasteiger partial charge on any atom is 0.258 e. The second kappa shape index (κ2) is 3.66. The predicted octanol–water partition coefficient (Wildman–Crippen LogP) is 1.22. The first-order valence-corrected chi connectivity index (χ1v) is 5.25. The quantitative estimate of drug-likeness (QED) is 0.704. The molecule has 0 radical (unpaired) electrons. The summed E-state index contributed by atoms with van der Waals surface area (Å²) in [5.74, 6) is -0.925. The number of fused-ring (bicyclic) bond motifs is 1. The molecule has 3 rings (SSSR count). The lowest BCUT2D eigenvalue weighted by Crippen LogP contribution is -2.30. The lowest BCUT2D eigenvalue weighted by atomic mass is 10.1. The fraction of sp³-hybridized carbons (Fsp3) is 0. The van der Waals surface area contributed by atoms with E-state index < -0.39 is 11.8 Å². The number of benzene rings is 1. The van der Waals surface area contributed by atoms with Crippen molar-refractivity contribution in [3.05, 3.63) is 52.9 Å². The molecule has 0 saturated carbocycles. The van der Waals surface area contributed by atoms with Crippen molar-refractivity contribution >= 4 is 28.5 Å². The molecule has 5 heteroatoms. The third-order valence-electron chi connectivity index (χ3n) is 2.72. The van der Waals surface area contributed by atoms with Crippen molar-refractivity contribution in [2.45, 2.75) is 0 Å². The zero-order chi connectivity index (χ0) is 12.7. The molecule has 2 aromatic rings. The van der Waals surface area contributed by atoms with Gasteiger partial charge in [-0.15, -0.1) is 0 Å². The van der Waals surface area contributed by atoms with Crippen molar-refractivity contribution in [3.63, 3.8) is 0 Å². The van der Waals surface area contributed by atoms with Crippen molar-refractivity contribution in [1.29, 1.82) is 0 Å². The van der Waals surface area contributed by atoms with Crippen molar-refractivity contribution in [3.8, 4) is 0 Å². The Hall–Kier alpha value is -2.69. The van der Waals surface area contributed by atoms with Crippen molar-refractivity contribution in [2.24, 2.45) is 0 Å². The Kier molecular flexibility index (Phi) is 2.13. The number of carbonyl (C=O) groups is 2. The van der Waals surface area contributed by atoms with Gasteiger partial charge in [-0.05, 0) is 12.1 Å². The van der Waals surface area contributed by atoms with Crippen molar-refractivity contribution in [1.82, 2.24) is 0 Å². The summed E-state index contributed by atoms with van der Waals surface area (Å²) >= 11 is 0. The van der Waals surface area contributed by atoms with Gasteiger partial charge in [-0.1, -0.05) is 6.07 Å². The first-order valence-electron chi connectivity index (χ1n) is 5.25. The van der Waals surface area contributed by atoms with Crippen LogP contribution in [0.4, 0.5) is 5.69 Å². The number of amides is 2. The summed E-state index contributed by atoms with van der Waals surface area (Å²) in [6.45, 7) is 0. The summed E-state index contributed by atoms with van der Waals surface area (Å²) in [5.41, 5.74) is 0.300. The van der Waals surface area contributed by atoms with E-state index in [9.17, 15) is 14.4 Å². The highest BCUT2D eigenvalue weighted by Gasteiger charge is 2.27. The van der Waals surface area contributed by atoms with Crippen molar-refractivity contribution < 1.29 is 14.0 Å². The van der Waals surface area contributed by atoms with Gasteiger partial charge in [0.25, 0.3) is 11.8 Å². The number of imide groups is 1. The van der Waals surface area contributed by atoms with Crippen LogP contribution in [-0.4, -0.2) is 11.8 Å². The predicted molar refractivity (Wildman–Crippen MR) is 64.1 cm³/mol. The Bertz CT molecular complexity index is 734. The molecule has 1 aliphatic rings. The molecule has 1 aromatic heterocycles. The number of nitrogens with zero attached hydrogens (tertiary/aromatic N) is 1. The van der Waals surface area contributed by atoms with E-state index in [1.807, 2.05) is 0 Å². The molecular formula is C13H7NO4. The van der Waals surface area contributed by atoms with Crippen LogP contribution < -0.4 is 10.3 Å². The molecule has 0 fully saturated rings. The largest absolute Gasteiger partial charge is 0.464 e. The molecule has 88 valence electrons. The van der Waals surface area contributed by atoms with Crippen molar-refractivity contribution in [2.75, 3.05) is 4.90 Å². The fourth-order valence-electron chi connectivity index (χ4n) is 1.94. The topological polar surface area (TPSA) is 67.6 Å². The summed E-state index contributed by atoms with van der Waals surface area (Å²) in [6.07, 6.45) is 3.62. The molecular weight excluding hydrogens is 234 g/mol. The number of rotatable bonds is 1. The number of hydrogen-bond acceptors (Lipinski definition) is 4. The number of carbonyl (C=O) groups excluding carboxylic acids is 2. The van der Waals surface area contributed by atoms with Crippen LogP contribution in [0.1, 0.15) is 0 Å². The highest BCUT2D eigenvalue weighted by molar-refractivity contribution is 6.30. The first kappa shape index (κ1) is 10.5. The number of anilines is 1. The van der Waals surface area contributed by atoms with Gasteiger partial charge in [0.05, 0.1) is 17.3 Å². The van der Waals surface area contributed by atoms with E-state index in [0.717, 1.165) is 4.90 Å². The van der Waals surface area contributed by atoms with Crippen LogP contribution in [0.25, 0.3) is 11.0 Å². The normalized spacial score (nSPS) is 14.8. The first-order chi connectivity index (χ1) is 8.68. The molecule has 2 heterocycles. The lowest BCUT2D eigenvalue weighted by molar-refractivity contribution is -0.119. The summed E-state index contributed by atoms with van der Waals surface area (Å²) in [7, 11) is 0. The molecule has 0 bridgehead atoms. The van der Waals surface area contributed by atoms with E-state index in [1.54, 1.807) is 18.2 Å². The molecule has 0 spiro atoms. The van der Waals surface area contributed by atoms with Crippen LogP contribution in [-0.2, 0) is 9.59 Å². The Morgan fingerprint density at radius 2 is 1.67 bits per heavy atom. The van der Waals surface area contributed by atoms with Gasteiger partial charge in [0, 0.05) is 18.2 Å². The van der Waals surface area contributed by atoms with E-state index in [2.05, 4.69) is 0 Å². The van der Waals surface area contributed by atoms with Gasteiger partial charge < -0.3 is 4.42 Å². The zero-order valence-electron chi connectivity index (χ0n) is 9.12. The minimum atomic E-state index is -0.462. The van der Waals surface area contributed by atoms with Gasteiger partial charge in [-0.3, -0.25) is 14.4 Å². The van der Waals surface area contributed by atoms with E-state index in [4.69, 9.17) is 4.42 Å². The fourth-order valence-corrected chi connectivity index (χ4v) is 1.94. The zero-order valence-corrected chi connectivity index (χ0v) is 9.12. The van der Waals surface area contributed by atoms with E-state index >= 15 is 0 Å². The summed E-state index contributed by atoms with van der Waals surface area (Å²) in [4.78, 5) is 36.0. The molecule has 1 aliphatic heterocycles. The molecule has 0 saturated heterocycles. The average Bonchev–Trinajstić information content (AvgIpc) is 2.69. The van der Waals surface area contributed by atoms with Gasteiger partial charge in [0.15, 0.2) is 5.43 Å². The maximum absolute atomic E-state index is 11.8. The van der Waals surface area contributed by atoms with Crippen LogP contribution in [0.5, 0.6) is 0 Å². The van der Waals surface area contributed by atoms with Gasteiger partial charge in [-0.2, -0.15) is 0 Å². The third-order valence-corrected chi connectivity index (χ3v) is 2.72. The smallest absolute Gasteiger partial charge is 0.258 e. The Labute approximate surface area is 101 Å². The van der Waals surface area contributed by atoms with Gasteiger partial charge >= 0.3 is 0 Å². The standard InChI is InChI=1S/C13H7NO4/c15-9-6-7-18-10-3-1-2-8(13(9)10)14-11(16)4-5-12(14)17/h1-7H. The Morgan fingerprint density at radius 3 is 2.39 bits per heavy atom. The number of hydrogen-bond donors (Lipinski definition) is 0. The molecule has 0 atom stereocenters. The highest BCUT2D eigenvalue weighted by atomic mass is 16.3.